The number of aromatic nitrogens is 2. The zero-order valence-electron chi connectivity index (χ0n) is 8.82. The Bertz CT molecular complexity index is 433. The van der Waals surface area contributed by atoms with Gasteiger partial charge in [-0.3, -0.25) is 0 Å². The van der Waals surface area contributed by atoms with Gasteiger partial charge in [0.05, 0.1) is 6.54 Å². The van der Waals surface area contributed by atoms with Crippen LogP contribution >= 0.6 is 11.3 Å². The molecule has 0 unspecified atom stereocenters. The van der Waals surface area contributed by atoms with Crippen molar-refractivity contribution in [2.24, 2.45) is 0 Å². The van der Waals surface area contributed by atoms with E-state index in [4.69, 9.17) is 0 Å². The Labute approximate surface area is 93.2 Å². The van der Waals surface area contributed by atoms with E-state index < -0.39 is 0 Å². The molecule has 0 aromatic carbocycles. The van der Waals surface area contributed by atoms with E-state index in [9.17, 15) is 0 Å². The molecule has 0 radical (unpaired) electrons. The molecule has 0 spiro atoms. The number of nitrogens with zero attached hydrogens (tertiary/aromatic N) is 2. The first-order chi connectivity index (χ1) is 7.24. The smallest absolute Gasteiger partial charge is 0.126 e. The largest absolute Gasteiger partial charge is 0.364 e. The van der Waals surface area contributed by atoms with E-state index in [0.717, 1.165) is 23.1 Å². The van der Waals surface area contributed by atoms with Gasteiger partial charge in [-0.2, -0.15) is 0 Å². The summed E-state index contributed by atoms with van der Waals surface area (Å²) in [6.45, 7) is 4.78. The molecule has 0 saturated carbocycles. The molecule has 0 bridgehead atoms. The van der Waals surface area contributed by atoms with E-state index in [1.165, 1.54) is 5.56 Å². The van der Waals surface area contributed by atoms with Crippen molar-refractivity contribution in [2.75, 3.05) is 5.32 Å². The van der Waals surface area contributed by atoms with Crippen molar-refractivity contribution < 1.29 is 0 Å². The van der Waals surface area contributed by atoms with Crippen molar-refractivity contribution >= 4 is 17.2 Å². The number of anilines is 1. The summed E-state index contributed by atoms with van der Waals surface area (Å²) in [6.07, 6.45) is 1.86. The molecule has 0 amide bonds. The third kappa shape index (κ3) is 2.76. The first-order valence-corrected chi connectivity index (χ1v) is 5.69. The molecule has 0 saturated heterocycles. The normalized spacial score (nSPS) is 10.3. The second-order valence-corrected chi connectivity index (χ2v) is 4.40. The minimum absolute atomic E-state index is 0.745. The number of hydrogen-bond donors (Lipinski definition) is 1. The fourth-order valence-electron chi connectivity index (χ4n) is 1.22. The highest BCUT2D eigenvalue weighted by Gasteiger charge is 1.98. The van der Waals surface area contributed by atoms with Gasteiger partial charge in [0.1, 0.15) is 10.8 Å². The molecule has 2 aromatic rings. The van der Waals surface area contributed by atoms with Gasteiger partial charge in [-0.15, -0.1) is 11.3 Å². The van der Waals surface area contributed by atoms with E-state index in [2.05, 4.69) is 20.7 Å². The van der Waals surface area contributed by atoms with Crippen LogP contribution in [0.15, 0.2) is 23.7 Å². The van der Waals surface area contributed by atoms with Gasteiger partial charge in [0.2, 0.25) is 0 Å². The summed E-state index contributed by atoms with van der Waals surface area (Å²) in [4.78, 5) is 8.64. The lowest BCUT2D eigenvalue weighted by atomic mass is 10.3. The summed E-state index contributed by atoms with van der Waals surface area (Å²) in [5.41, 5.74) is 2.25. The molecule has 3 nitrogen and oxygen atoms in total. The van der Waals surface area contributed by atoms with E-state index in [-0.39, 0.29) is 0 Å². The highest BCUT2D eigenvalue weighted by Crippen LogP contribution is 2.11. The molecule has 1 N–H and O–H groups in total. The second kappa shape index (κ2) is 4.40. The second-order valence-electron chi connectivity index (χ2n) is 3.46. The Morgan fingerprint density at radius 1 is 1.33 bits per heavy atom. The maximum absolute atomic E-state index is 4.37. The molecule has 0 atom stereocenters. The predicted octanol–water partition coefficient (Wildman–Crippen LogP) is 2.77. The van der Waals surface area contributed by atoms with Crippen molar-refractivity contribution in [3.8, 4) is 0 Å². The quantitative estimate of drug-likeness (QED) is 0.862. The molecule has 0 aliphatic heterocycles. The van der Waals surface area contributed by atoms with Gasteiger partial charge in [-0.1, -0.05) is 6.07 Å². The van der Waals surface area contributed by atoms with Gasteiger partial charge < -0.3 is 5.32 Å². The Balaban J connectivity index is 1.96. The zero-order valence-corrected chi connectivity index (χ0v) is 9.64. The molecule has 2 aromatic heterocycles. The van der Waals surface area contributed by atoms with Gasteiger partial charge in [0, 0.05) is 17.3 Å². The average molecular weight is 219 g/mol. The Morgan fingerprint density at radius 3 is 2.80 bits per heavy atom. The molecule has 78 valence electrons. The van der Waals surface area contributed by atoms with Gasteiger partial charge in [0.15, 0.2) is 0 Å². The molecule has 2 heterocycles. The number of pyridine rings is 1. The third-order valence-electron chi connectivity index (χ3n) is 2.00. The van der Waals surface area contributed by atoms with Crippen molar-refractivity contribution in [1.82, 2.24) is 9.97 Å². The van der Waals surface area contributed by atoms with Crippen LogP contribution in [0.4, 0.5) is 5.82 Å². The summed E-state index contributed by atoms with van der Waals surface area (Å²) in [5, 5.41) is 6.39. The maximum atomic E-state index is 4.37. The predicted molar refractivity (Wildman–Crippen MR) is 63.2 cm³/mol. The van der Waals surface area contributed by atoms with Gasteiger partial charge in [-0.05, 0) is 25.5 Å². The van der Waals surface area contributed by atoms with E-state index in [1.807, 2.05) is 32.2 Å². The first kappa shape index (κ1) is 10.1. The molecule has 0 fully saturated rings. The first-order valence-electron chi connectivity index (χ1n) is 4.81. The maximum Gasteiger partial charge on any atom is 0.126 e. The van der Waals surface area contributed by atoms with Gasteiger partial charge in [-0.25, -0.2) is 9.97 Å². The lowest BCUT2D eigenvalue weighted by molar-refractivity contribution is 1.05. The number of aryl methyl sites for hydroxylation is 2. The summed E-state index contributed by atoms with van der Waals surface area (Å²) < 4.78 is 0. The van der Waals surface area contributed by atoms with Gasteiger partial charge in [0.25, 0.3) is 0 Å². The third-order valence-corrected chi connectivity index (χ3v) is 2.97. The van der Waals surface area contributed by atoms with Crippen molar-refractivity contribution in [2.45, 2.75) is 20.4 Å². The highest BCUT2D eigenvalue weighted by atomic mass is 32.1. The summed E-state index contributed by atoms with van der Waals surface area (Å²) in [6, 6.07) is 4.03. The van der Waals surface area contributed by atoms with Crippen molar-refractivity contribution in [3.05, 3.63) is 40.0 Å². The summed E-state index contributed by atoms with van der Waals surface area (Å²) in [7, 11) is 0. The fraction of sp³-hybridized carbons (Fsp3) is 0.273. The van der Waals surface area contributed by atoms with Gasteiger partial charge >= 0.3 is 0 Å². The van der Waals surface area contributed by atoms with Crippen LogP contribution in [0.3, 0.4) is 0 Å². The topological polar surface area (TPSA) is 37.8 Å². The molecule has 4 heteroatoms. The molecule has 15 heavy (non-hydrogen) atoms. The van der Waals surface area contributed by atoms with Crippen LogP contribution in [0, 0.1) is 13.8 Å². The standard InChI is InChI=1S/C11H13N3S/c1-8-3-4-10(12-5-8)13-6-11-14-9(2)7-15-11/h3-5,7H,6H2,1-2H3,(H,12,13). The SMILES string of the molecule is Cc1ccc(NCc2nc(C)cs2)nc1. The van der Waals surface area contributed by atoms with Crippen LogP contribution in [0.2, 0.25) is 0 Å². The Hall–Kier alpha value is -1.42. The van der Waals surface area contributed by atoms with Crippen LogP contribution in [-0.4, -0.2) is 9.97 Å². The highest BCUT2D eigenvalue weighted by molar-refractivity contribution is 7.09. The fourth-order valence-corrected chi connectivity index (χ4v) is 1.93. The van der Waals surface area contributed by atoms with Crippen LogP contribution in [0.5, 0.6) is 0 Å². The van der Waals surface area contributed by atoms with Crippen LogP contribution in [0.1, 0.15) is 16.3 Å². The minimum Gasteiger partial charge on any atom is -0.364 e. The van der Waals surface area contributed by atoms with Crippen LogP contribution in [0.25, 0.3) is 0 Å². The lowest BCUT2D eigenvalue weighted by Gasteiger charge is -2.02. The number of hydrogen-bond acceptors (Lipinski definition) is 4. The van der Waals surface area contributed by atoms with Crippen molar-refractivity contribution in [1.29, 1.82) is 0 Å². The zero-order chi connectivity index (χ0) is 10.7. The van der Waals surface area contributed by atoms with Crippen LogP contribution < -0.4 is 5.32 Å². The van der Waals surface area contributed by atoms with Crippen molar-refractivity contribution in [3.63, 3.8) is 0 Å². The van der Waals surface area contributed by atoms with Crippen LogP contribution in [-0.2, 0) is 6.54 Å². The molecular formula is C11H13N3S. The Kier molecular flexibility index (Phi) is 2.97. The lowest BCUT2D eigenvalue weighted by Crippen LogP contribution is -2.00. The molecule has 0 aliphatic rings. The van der Waals surface area contributed by atoms with E-state index in [0.29, 0.717) is 0 Å². The molecular weight excluding hydrogens is 206 g/mol. The number of nitrogens with one attached hydrogen (secondary N) is 1. The average Bonchev–Trinajstić information content (AvgIpc) is 2.64. The molecule has 2 rings (SSSR count). The number of thiazole rings is 1. The summed E-state index contributed by atoms with van der Waals surface area (Å²) in [5.74, 6) is 0.897. The van der Waals surface area contributed by atoms with E-state index >= 15 is 0 Å². The Morgan fingerprint density at radius 2 is 2.20 bits per heavy atom. The minimum atomic E-state index is 0.745. The summed E-state index contributed by atoms with van der Waals surface area (Å²) >= 11 is 1.67. The van der Waals surface area contributed by atoms with E-state index in [1.54, 1.807) is 11.3 Å². The molecule has 0 aliphatic carbocycles. The monoisotopic (exact) mass is 219 g/mol. The number of rotatable bonds is 3.